The van der Waals surface area contributed by atoms with Crippen LogP contribution in [0.1, 0.15) is 24.0 Å². The Kier molecular flexibility index (Phi) is 4.39. The van der Waals surface area contributed by atoms with Crippen LogP contribution in [-0.2, 0) is 17.8 Å². The van der Waals surface area contributed by atoms with Crippen LogP contribution in [0.5, 0.6) is 5.75 Å². The molecule has 26 heavy (non-hydrogen) atoms. The second-order valence-electron chi connectivity index (χ2n) is 6.33. The smallest absolute Gasteiger partial charge is 0.260 e. The number of amides is 1. The average molecular weight is 348 g/mol. The number of ether oxygens (including phenoxy) is 1. The monoisotopic (exact) mass is 348 g/mol. The molecule has 1 amide bonds. The van der Waals surface area contributed by atoms with Gasteiger partial charge in [-0.3, -0.25) is 4.79 Å². The number of aryl methyl sites for hydroxylation is 1. The molecule has 1 aromatic heterocycles. The van der Waals surface area contributed by atoms with Crippen LogP contribution in [0, 0.1) is 0 Å². The first-order chi connectivity index (χ1) is 12.7. The number of rotatable bonds is 4. The number of hydrogen-bond donors (Lipinski definition) is 1. The van der Waals surface area contributed by atoms with Crippen LogP contribution in [-0.4, -0.2) is 28.3 Å². The standard InChI is InChI=1S/C20H20N4O2/c1-26-15-9-10-16-14(11-15)5-4-7-17(16)22-23-20(25)12-24-13-21-18-6-2-3-8-19(18)24/h2-3,6,8-11,13H,4-5,7,12H2,1H3,(H,23,25)/b22-17-. The lowest BCUT2D eigenvalue weighted by atomic mass is 9.90. The van der Waals surface area contributed by atoms with E-state index < -0.39 is 0 Å². The van der Waals surface area contributed by atoms with Gasteiger partial charge >= 0.3 is 0 Å². The summed E-state index contributed by atoms with van der Waals surface area (Å²) < 4.78 is 7.11. The van der Waals surface area contributed by atoms with Gasteiger partial charge in [-0.05, 0) is 55.2 Å². The van der Waals surface area contributed by atoms with E-state index in [0.29, 0.717) is 0 Å². The number of fused-ring (bicyclic) bond motifs is 2. The van der Waals surface area contributed by atoms with Crippen molar-refractivity contribution in [3.63, 3.8) is 0 Å². The molecular weight excluding hydrogens is 328 g/mol. The first kappa shape index (κ1) is 16.3. The van der Waals surface area contributed by atoms with Crippen molar-refractivity contribution in [2.75, 3.05) is 7.11 Å². The fraction of sp³-hybridized carbons (Fsp3) is 0.250. The molecule has 0 radical (unpaired) electrons. The molecule has 0 saturated carbocycles. The molecule has 1 aliphatic carbocycles. The fourth-order valence-corrected chi connectivity index (χ4v) is 3.34. The van der Waals surface area contributed by atoms with Crippen LogP contribution in [0.3, 0.4) is 0 Å². The molecule has 6 heteroatoms. The Balaban J connectivity index is 1.49. The molecule has 1 aliphatic rings. The van der Waals surface area contributed by atoms with Crippen molar-refractivity contribution in [2.24, 2.45) is 5.10 Å². The van der Waals surface area contributed by atoms with Crippen LogP contribution < -0.4 is 10.2 Å². The van der Waals surface area contributed by atoms with Crippen molar-refractivity contribution in [3.8, 4) is 5.75 Å². The lowest BCUT2D eigenvalue weighted by molar-refractivity contribution is -0.121. The van der Waals surface area contributed by atoms with Gasteiger partial charge in [0, 0.05) is 5.56 Å². The Morgan fingerprint density at radius 1 is 1.27 bits per heavy atom. The topological polar surface area (TPSA) is 68.5 Å². The maximum absolute atomic E-state index is 12.3. The number of carbonyl (C=O) groups is 1. The van der Waals surface area contributed by atoms with E-state index in [1.54, 1.807) is 13.4 Å². The summed E-state index contributed by atoms with van der Waals surface area (Å²) in [5.74, 6) is 0.683. The highest BCUT2D eigenvalue weighted by Crippen LogP contribution is 2.25. The molecule has 0 fully saturated rings. The molecule has 3 aromatic rings. The predicted molar refractivity (Wildman–Crippen MR) is 100 cm³/mol. The van der Waals surface area contributed by atoms with Gasteiger partial charge in [-0.25, -0.2) is 10.4 Å². The summed E-state index contributed by atoms with van der Waals surface area (Å²) in [6.07, 6.45) is 4.55. The summed E-state index contributed by atoms with van der Waals surface area (Å²) in [7, 11) is 1.67. The van der Waals surface area contributed by atoms with Gasteiger partial charge in [0.2, 0.25) is 0 Å². The van der Waals surface area contributed by atoms with E-state index in [2.05, 4.69) is 15.5 Å². The summed E-state index contributed by atoms with van der Waals surface area (Å²) in [5, 5.41) is 4.38. The summed E-state index contributed by atoms with van der Waals surface area (Å²) >= 11 is 0. The van der Waals surface area contributed by atoms with E-state index in [-0.39, 0.29) is 12.5 Å². The SMILES string of the molecule is COc1ccc2c(c1)CCC/C2=N/NC(=O)Cn1cnc2ccccc21. The Morgan fingerprint density at radius 3 is 3.04 bits per heavy atom. The first-order valence-electron chi connectivity index (χ1n) is 8.67. The Hall–Kier alpha value is -3.15. The lowest BCUT2D eigenvalue weighted by Crippen LogP contribution is -2.25. The zero-order valence-electron chi connectivity index (χ0n) is 14.6. The largest absolute Gasteiger partial charge is 0.497 e. The van der Waals surface area contributed by atoms with Crippen molar-refractivity contribution < 1.29 is 9.53 Å². The molecule has 1 heterocycles. The van der Waals surface area contributed by atoms with Gasteiger partial charge in [0.1, 0.15) is 12.3 Å². The number of hydrogen-bond acceptors (Lipinski definition) is 4. The minimum atomic E-state index is -0.165. The number of nitrogens with one attached hydrogen (secondary N) is 1. The van der Waals surface area contributed by atoms with Gasteiger partial charge in [0.25, 0.3) is 5.91 Å². The first-order valence-corrected chi connectivity index (χ1v) is 8.67. The molecule has 0 unspecified atom stereocenters. The third-order valence-corrected chi connectivity index (χ3v) is 4.64. The third kappa shape index (κ3) is 3.18. The maximum atomic E-state index is 12.3. The molecule has 0 saturated heterocycles. The van der Waals surface area contributed by atoms with Gasteiger partial charge in [-0.1, -0.05) is 12.1 Å². The minimum Gasteiger partial charge on any atom is -0.497 e. The van der Waals surface area contributed by atoms with Crippen LogP contribution in [0.25, 0.3) is 11.0 Å². The number of nitrogens with zero attached hydrogens (tertiary/aromatic N) is 3. The normalized spacial score (nSPS) is 15.0. The Morgan fingerprint density at radius 2 is 2.15 bits per heavy atom. The Bertz CT molecular complexity index is 990. The number of aromatic nitrogens is 2. The van der Waals surface area contributed by atoms with Crippen LogP contribution in [0.2, 0.25) is 0 Å². The van der Waals surface area contributed by atoms with Crippen molar-refractivity contribution in [1.82, 2.24) is 15.0 Å². The molecule has 0 aliphatic heterocycles. The van der Waals surface area contributed by atoms with Crippen molar-refractivity contribution in [3.05, 3.63) is 59.9 Å². The van der Waals surface area contributed by atoms with Gasteiger partial charge in [0.05, 0.1) is 30.2 Å². The lowest BCUT2D eigenvalue weighted by Gasteiger charge is -2.18. The average Bonchev–Trinajstić information content (AvgIpc) is 3.08. The Labute approximate surface area is 151 Å². The number of imidazole rings is 1. The summed E-state index contributed by atoms with van der Waals surface area (Å²) in [4.78, 5) is 16.6. The fourth-order valence-electron chi connectivity index (χ4n) is 3.34. The molecule has 0 bridgehead atoms. The molecule has 6 nitrogen and oxygen atoms in total. The van der Waals surface area contributed by atoms with Gasteiger partial charge < -0.3 is 9.30 Å². The highest BCUT2D eigenvalue weighted by molar-refractivity contribution is 6.03. The number of methoxy groups -OCH3 is 1. The molecule has 0 atom stereocenters. The van der Waals surface area contributed by atoms with Gasteiger partial charge in [-0.15, -0.1) is 0 Å². The zero-order chi connectivity index (χ0) is 17.9. The van der Waals surface area contributed by atoms with Crippen LogP contribution >= 0.6 is 0 Å². The highest BCUT2D eigenvalue weighted by Gasteiger charge is 2.17. The minimum absolute atomic E-state index is 0.165. The van der Waals surface area contributed by atoms with Gasteiger partial charge in [0.15, 0.2) is 0 Å². The quantitative estimate of drug-likeness (QED) is 0.737. The second kappa shape index (κ2) is 7.00. The molecule has 132 valence electrons. The highest BCUT2D eigenvalue weighted by atomic mass is 16.5. The zero-order valence-corrected chi connectivity index (χ0v) is 14.6. The number of carbonyl (C=O) groups excluding carboxylic acids is 1. The number of para-hydroxylation sites is 2. The van der Waals surface area contributed by atoms with E-state index in [9.17, 15) is 4.79 Å². The van der Waals surface area contributed by atoms with E-state index in [1.165, 1.54) is 5.56 Å². The maximum Gasteiger partial charge on any atom is 0.260 e. The van der Waals surface area contributed by atoms with Crippen molar-refractivity contribution >= 4 is 22.7 Å². The van der Waals surface area contributed by atoms with E-state index in [0.717, 1.165) is 47.3 Å². The summed E-state index contributed by atoms with van der Waals surface area (Å²) in [6.45, 7) is 0.187. The van der Waals surface area contributed by atoms with E-state index >= 15 is 0 Å². The molecule has 1 N–H and O–H groups in total. The molecular formula is C20H20N4O2. The summed E-state index contributed by atoms with van der Waals surface area (Å²) in [6, 6.07) is 13.7. The third-order valence-electron chi connectivity index (χ3n) is 4.64. The molecule has 2 aromatic carbocycles. The van der Waals surface area contributed by atoms with Crippen LogP contribution in [0.4, 0.5) is 0 Å². The summed E-state index contributed by atoms with van der Waals surface area (Å²) in [5.41, 5.74) is 7.72. The van der Waals surface area contributed by atoms with Crippen molar-refractivity contribution in [1.29, 1.82) is 0 Å². The number of hydrazone groups is 1. The van der Waals surface area contributed by atoms with E-state index in [1.807, 2.05) is 47.0 Å². The second-order valence-corrected chi connectivity index (χ2v) is 6.33. The van der Waals surface area contributed by atoms with Crippen molar-refractivity contribution in [2.45, 2.75) is 25.8 Å². The molecule has 4 rings (SSSR count). The van der Waals surface area contributed by atoms with E-state index in [4.69, 9.17) is 4.74 Å². The van der Waals surface area contributed by atoms with Crippen LogP contribution in [0.15, 0.2) is 53.9 Å². The molecule has 0 spiro atoms. The number of benzene rings is 2. The predicted octanol–water partition coefficient (Wildman–Crippen LogP) is 2.90. The van der Waals surface area contributed by atoms with Gasteiger partial charge in [-0.2, -0.15) is 5.10 Å².